The summed E-state index contributed by atoms with van der Waals surface area (Å²) < 4.78 is 0. The van der Waals surface area contributed by atoms with Crippen molar-refractivity contribution in [1.82, 2.24) is 5.32 Å². The average molecular weight is 261 g/mol. The number of hydrogen-bond donors (Lipinski definition) is 2. The van der Waals surface area contributed by atoms with E-state index in [1.165, 1.54) is 0 Å². The third-order valence-electron chi connectivity index (χ3n) is 3.75. The summed E-state index contributed by atoms with van der Waals surface area (Å²) in [6.45, 7) is 1.90. The van der Waals surface area contributed by atoms with Crippen molar-refractivity contribution in [2.24, 2.45) is 5.92 Å². The lowest BCUT2D eigenvalue weighted by molar-refractivity contribution is -0.143. The fraction of sp³-hybridized carbons (Fsp3) is 0.467. The molecule has 0 aliphatic heterocycles. The van der Waals surface area contributed by atoms with E-state index in [9.17, 15) is 9.59 Å². The number of aryl methyl sites for hydroxylation is 1. The van der Waals surface area contributed by atoms with Gasteiger partial charge in [-0.1, -0.05) is 24.6 Å². The van der Waals surface area contributed by atoms with Crippen LogP contribution >= 0.6 is 0 Å². The topological polar surface area (TPSA) is 66.4 Å². The first-order chi connectivity index (χ1) is 9.08. The molecule has 1 amide bonds. The molecule has 102 valence electrons. The van der Waals surface area contributed by atoms with Crippen LogP contribution in [0.15, 0.2) is 24.3 Å². The molecule has 4 nitrogen and oxygen atoms in total. The zero-order chi connectivity index (χ0) is 13.8. The molecule has 0 radical (unpaired) electrons. The number of carboxylic acid groups (broad SMARTS) is 1. The molecule has 1 aliphatic carbocycles. The van der Waals surface area contributed by atoms with Crippen molar-refractivity contribution >= 4 is 11.9 Å². The Morgan fingerprint density at radius 2 is 2.00 bits per heavy atom. The Morgan fingerprint density at radius 1 is 1.26 bits per heavy atom. The first kappa shape index (κ1) is 13.6. The van der Waals surface area contributed by atoms with Crippen LogP contribution in [-0.4, -0.2) is 23.0 Å². The van der Waals surface area contributed by atoms with E-state index in [4.69, 9.17) is 5.11 Å². The van der Waals surface area contributed by atoms with Gasteiger partial charge < -0.3 is 10.4 Å². The molecule has 4 heteroatoms. The molecule has 0 heterocycles. The predicted molar refractivity (Wildman–Crippen MR) is 72.0 cm³/mol. The maximum Gasteiger partial charge on any atom is 0.306 e. The molecular formula is C15H19NO3. The third kappa shape index (κ3) is 3.34. The molecule has 2 rings (SSSR count). The Labute approximate surface area is 112 Å². The van der Waals surface area contributed by atoms with Gasteiger partial charge in [0, 0.05) is 11.6 Å². The molecule has 1 fully saturated rings. The summed E-state index contributed by atoms with van der Waals surface area (Å²) in [6.07, 6.45) is 2.97. The summed E-state index contributed by atoms with van der Waals surface area (Å²) in [7, 11) is 0. The van der Waals surface area contributed by atoms with Gasteiger partial charge in [-0.05, 0) is 37.8 Å². The Hall–Kier alpha value is -1.84. The van der Waals surface area contributed by atoms with E-state index in [-0.39, 0.29) is 17.9 Å². The lowest BCUT2D eigenvalue weighted by Gasteiger charge is -2.27. The van der Waals surface area contributed by atoms with Gasteiger partial charge in [0.1, 0.15) is 0 Å². The van der Waals surface area contributed by atoms with E-state index in [0.29, 0.717) is 18.4 Å². The van der Waals surface area contributed by atoms with Gasteiger partial charge in [0.05, 0.1) is 5.92 Å². The first-order valence-corrected chi connectivity index (χ1v) is 6.67. The van der Waals surface area contributed by atoms with Gasteiger partial charge in [-0.3, -0.25) is 9.59 Å². The average Bonchev–Trinajstić information content (AvgIpc) is 2.39. The van der Waals surface area contributed by atoms with Crippen LogP contribution < -0.4 is 5.32 Å². The molecular weight excluding hydrogens is 242 g/mol. The predicted octanol–water partition coefficient (Wildman–Crippen LogP) is 2.37. The normalized spacial score (nSPS) is 22.8. The van der Waals surface area contributed by atoms with Gasteiger partial charge in [-0.15, -0.1) is 0 Å². The molecule has 1 saturated carbocycles. The lowest BCUT2D eigenvalue weighted by atomic mass is 9.85. The number of carbonyl (C=O) groups is 2. The van der Waals surface area contributed by atoms with Gasteiger partial charge in [-0.2, -0.15) is 0 Å². The van der Waals surface area contributed by atoms with Gasteiger partial charge in [-0.25, -0.2) is 0 Å². The van der Waals surface area contributed by atoms with E-state index in [1.807, 2.05) is 25.1 Å². The van der Waals surface area contributed by atoms with E-state index >= 15 is 0 Å². The van der Waals surface area contributed by atoms with Crippen molar-refractivity contribution in [2.75, 3.05) is 0 Å². The minimum absolute atomic E-state index is 0.0260. The second kappa shape index (κ2) is 5.87. The fourth-order valence-corrected chi connectivity index (χ4v) is 2.64. The molecule has 2 atom stereocenters. The molecule has 0 bridgehead atoms. The number of rotatable bonds is 3. The highest BCUT2D eigenvalue weighted by molar-refractivity contribution is 5.95. The fourth-order valence-electron chi connectivity index (χ4n) is 2.64. The maximum absolute atomic E-state index is 12.2. The Bertz CT molecular complexity index is 484. The first-order valence-electron chi connectivity index (χ1n) is 6.67. The van der Waals surface area contributed by atoms with Gasteiger partial charge in [0.2, 0.25) is 0 Å². The minimum Gasteiger partial charge on any atom is -0.481 e. The smallest absolute Gasteiger partial charge is 0.306 e. The van der Waals surface area contributed by atoms with Crippen LogP contribution in [0.1, 0.15) is 41.6 Å². The van der Waals surface area contributed by atoms with Crippen molar-refractivity contribution in [3.05, 3.63) is 35.4 Å². The molecule has 2 N–H and O–H groups in total. The minimum atomic E-state index is -0.755. The largest absolute Gasteiger partial charge is 0.481 e. The van der Waals surface area contributed by atoms with E-state index in [1.54, 1.807) is 6.07 Å². The number of carboxylic acids is 1. The van der Waals surface area contributed by atoms with Crippen molar-refractivity contribution < 1.29 is 14.7 Å². The number of nitrogens with one attached hydrogen (secondary N) is 1. The monoisotopic (exact) mass is 261 g/mol. The number of carbonyl (C=O) groups excluding carboxylic acids is 1. The van der Waals surface area contributed by atoms with Gasteiger partial charge in [0.15, 0.2) is 0 Å². The summed E-state index contributed by atoms with van der Waals surface area (Å²) in [5.41, 5.74) is 1.60. The van der Waals surface area contributed by atoms with Crippen molar-refractivity contribution in [2.45, 2.75) is 38.6 Å². The van der Waals surface area contributed by atoms with Crippen LogP contribution in [0.4, 0.5) is 0 Å². The van der Waals surface area contributed by atoms with E-state index in [2.05, 4.69) is 5.32 Å². The third-order valence-corrected chi connectivity index (χ3v) is 3.75. The number of benzene rings is 1. The molecule has 19 heavy (non-hydrogen) atoms. The second-order valence-corrected chi connectivity index (χ2v) is 5.19. The molecule has 1 aliphatic rings. The van der Waals surface area contributed by atoms with Crippen LogP contribution in [0.25, 0.3) is 0 Å². The quantitative estimate of drug-likeness (QED) is 0.877. The number of aliphatic carboxylic acids is 1. The Balaban J connectivity index is 1.99. The van der Waals surface area contributed by atoms with Crippen molar-refractivity contribution in [3.8, 4) is 0 Å². The van der Waals surface area contributed by atoms with Gasteiger partial charge in [0.25, 0.3) is 5.91 Å². The second-order valence-electron chi connectivity index (χ2n) is 5.19. The summed E-state index contributed by atoms with van der Waals surface area (Å²) in [4.78, 5) is 23.1. The maximum atomic E-state index is 12.2. The van der Waals surface area contributed by atoms with Gasteiger partial charge >= 0.3 is 5.97 Å². The summed E-state index contributed by atoms with van der Waals surface area (Å²) in [6, 6.07) is 7.40. The van der Waals surface area contributed by atoms with E-state index < -0.39 is 5.97 Å². The molecule has 1 aromatic carbocycles. The summed E-state index contributed by atoms with van der Waals surface area (Å²) >= 11 is 0. The van der Waals surface area contributed by atoms with E-state index in [0.717, 1.165) is 18.4 Å². The van der Waals surface area contributed by atoms with Crippen molar-refractivity contribution in [1.29, 1.82) is 0 Å². The highest BCUT2D eigenvalue weighted by Gasteiger charge is 2.28. The van der Waals surface area contributed by atoms with Crippen molar-refractivity contribution in [3.63, 3.8) is 0 Å². The Morgan fingerprint density at radius 3 is 2.68 bits per heavy atom. The lowest BCUT2D eigenvalue weighted by Crippen LogP contribution is -2.40. The summed E-state index contributed by atoms with van der Waals surface area (Å²) in [5.74, 6) is -1.18. The molecule has 0 saturated heterocycles. The Kier molecular flexibility index (Phi) is 4.20. The molecule has 0 spiro atoms. The SMILES string of the molecule is Cc1ccccc1C(=O)N[C@@H]1CCC[C@@H](C(=O)O)C1. The highest BCUT2D eigenvalue weighted by Crippen LogP contribution is 2.24. The molecule has 0 aromatic heterocycles. The highest BCUT2D eigenvalue weighted by atomic mass is 16.4. The standard InChI is InChI=1S/C15H19NO3/c1-10-5-2-3-8-13(10)14(17)16-12-7-4-6-11(9-12)15(18)19/h2-3,5,8,11-12H,4,6-7,9H2,1H3,(H,16,17)(H,18,19)/t11-,12-/m1/s1. The molecule has 0 unspecified atom stereocenters. The zero-order valence-corrected chi connectivity index (χ0v) is 11.1. The number of amides is 1. The summed E-state index contributed by atoms with van der Waals surface area (Å²) in [5, 5.41) is 12.0. The van der Waals surface area contributed by atoms with Crippen LogP contribution in [0.2, 0.25) is 0 Å². The van der Waals surface area contributed by atoms with Crippen LogP contribution in [0.3, 0.4) is 0 Å². The van der Waals surface area contributed by atoms with Crippen LogP contribution in [0, 0.1) is 12.8 Å². The molecule has 1 aromatic rings. The van der Waals surface area contributed by atoms with Crippen LogP contribution in [-0.2, 0) is 4.79 Å². The number of hydrogen-bond acceptors (Lipinski definition) is 2. The van der Waals surface area contributed by atoms with Crippen LogP contribution in [0.5, 0.6) is 0 Å². The zero-order valence-electron chi connectivity index (χ0n) is 11.1.